The summed E-state index contributed by atoms with van der Waals surface area (Å²) in [5, 5.41) is 21.5. The van der Waals surface area contributed by atoms with E-state index in [1.807, 2.05) is 24.3 Å². The number of aromatic nitrogens is 4. The maximum Gasteiger partial charge on any atom is 0.209 e. The zero-order valence-electron chi connectivity index (χ0n) is 12.1. The van der Waals surface area contributed by atoms with Gasteiger partial charge in [-0.25, -0.2) is 4.68 Å². The van der Waals surface area contributed by atoms with E-state index in [1.165, 1.54) is 0 Å². The molecule has 1 aromatic heterocycles. The highest BCUT2D eigenvalue weighted by molar-refractivity contribution is 7.99. The van der Waals surface area contributed by atoms with Crippen molar-refractivity contribution in [2.75, 3.05) is 7.11 Å². The molecule has 0 N–H and O–H groups in total. The third-order valence-electron chi connectivity index (χ3n) is 2.96. The molecule has 0 radical (unpaired) electrons. The van der Waals surface area contributed by atoms with E-state index in [4.69, 9.17) is 10.00 Å². The van der Waals surface area contributed by atoms with E-state index in [2.05, 4.69) is 28.5 Å². The topological polar surface area (TPSA) is 76.6 Å². The zero-order valence-corrected chi connectivity index (χ0v) is 12.9. The van der Waals surface area contributed by atoms with Crippen molar-refractivity contribution in [3.63, 3.8) is 0 Å². The second-order valence-electron chi connectivity index (χ2n) is 4.59. The van der Waals surface area contributed by atoms with Crippen LogP contribution in [0.25, 0.3) is 0 Å². The van der Waals surface area contributed by atoms with Crippen molar-refractivity contribution in [1.29, 1.82) is 5.26 Å². The van der Waals surface area contributed by atoms with Crippen molar-refractivity contribution in [3.05, 3.63) is 29.8 Å². The third kappa shape index (κ3) is 4.46. The Labute approximate surface area is 128 Å². The fraction of sp³-hybridized carbons (Fsp3) is 0.429. The molecule has 0 fully saturated rings. The van der Waals surface area contributed by atoms with Crippen LogP contribution in [0, 0.1) is 11.3 Å². The van der Waals surface area contributed by atoms with Crippen LogP contribution in [-0.2, 0) is 6.54 Å². The van der Waals surface area contributed by atoms with Crippen LogP contribution in [0.4, 0.5) is 0 Å². The molecule has 0 aliphatic carbocycles. The lowest BCUT2D eigenvalue weighted by atomic mass is 10.2. The lowest BCUT2D eigenvalue weighted by Gasteiger charge is -2.09. The highest BCUT2D eigenvalue weighted by atomic mass is 32.2. The van der Waals surface area contributed by atoms with Gasteiger partial charge in [0.05, 0.1) is 19.7 Å². The highest BCUT2D eigenvalue weighted by Gasteiger charge is 2.12. The van der Waals surface area contributed by atoms with Gasteiger partial charge in [0.1, 0.15) is 5.75 Å². The Balaban J connectivity index is 2.00. The van der Waals surface area contributed by atoms with Crippen LogP contribution in [0.3, 0.4) is 0 Å². The van der Waals surface area contributed by atoms with Gasteiger partial charge >= 0.3 is 0 Å². The first-order chi connectivity index (χ1) is 10.2. The number of nitrogens with zero attached hydrogens (tertiary/aromatic N) is 5. The molecule has 0 bridgehead atoms. The van der Waals surface area contributed by atoms with E-state index in [9.17, 15) is 0 Å². The lowest BCUT2D eigenvalue weighted by Crippen LogP contribution is -2.06. The van der Waals surface area contributed by atoms with E-state index in [0.29, 0.717) is 18.2 Å². The number of thioether (sulfide) groups is 1. The number of benzene rings is 1. The molecule has 6 nitrogen and oxygen atoms in total. The maximum absolute atomic E-state index is 8.62. The number of hydrogen-bond acceptors (Lipinski definition) is 6. The number of tetrazole rings is 1. The van der Waals surface area contributed by atoms with Crippen LogP contribution < -0.4 is 4.74 Å². The Morgan fingerprint density at radius 3 is 2.81 bits per heavy atom. The Hall–Kier alpha value is -2.07. The average Bonchev–Trinajstić information content (AvgIpc) is 2.93. The fourth-order valence-electron chi connectivity index (χ4n) is 1.79. The second kappa shape index (κ2) is 7.64. The van der Waals surface area contributed by atoms with Crippen molar-refractivity contribution in [2.45, 2.75) is 36.7 Å². The van der Waals surface area contributed by atoms with E-state index >= 15 is 0 Å². The molecule has 0 spiro atoms. The predicted molar refractivity (Wildman–Crippen MR) is 80.1 cm³/mol. The molecule has 2 aromatic rings. The van der Waals surface area contributed by atoms with Gasteiger partial charge in [-0.1, -0.05) is 30.8 Å². The molecule has 1 heterocycles. The van der Waals surface area contributed by atoms with Crippen LogP contribution in [0.5, 0.6) is 5.75 Å². The van der Waals surface area contributed by atoms with Gasteiger partial charge in [-0.15, -0.1) is 5.10 Å². The summed E-state index contributed by atoms with van der Waals surface area (Å²) in [4.78, 5) is 0. The first kappa shape index (κ1) is 15.3. The third-order valence-corrected chi connectivity index (χ3v) is 4.10. The minimum atomic E-state index is 0.310. The second-order valence-corrected chi connectivity index (χ2v) is 6.00. The fourth-order valence-corrected chi connectivity index (χ4v) is 2.69. The van der Waals surface area contributed by atoms with Gasteiger partial charge in [-0.3, -0.25) is 0 Å². The monoisotopic (exact) mass is 303 g/mol. The number of ether oxygens (including phenoxy) is 1. The van der Waals surface area contributed by atoms with Crippen LogP contribution in [0.15, 0.2) is 29.4 Å². The molecule has 0 amide bonds. The number of nitriles is 1. The van der Waals surface area contributed by atoms with Gasteiger partial charge in [-0.2, -0.15) is 5.26 Å². The molecule has 0 unspecified atom stereocenters. The molecule has 1 aromatic carbocycles. The lowest BCUT2D eigenvalue weighted by molar-refractivity contribution is 0.414. The molecular weight excluding hydrogens is 286 g/mol. The summed E-state index contributed by atoms with van der Waals surface area (Å²) >= 11 is 1.59. The molecule has 0 saturated heterocycles. The van der Waals surface area contributed by atoms with E-state index in [-0.39, 0.29) is 0 Å². The van der Waals surface area contributed by atoms with Gasteiger partial charge < -0.3 is 4.74 Å². The Kier molecular flexibility index (Phi) is 5.58. The maximum atomic E-state index is 8.62. The van der Waals surface area contributed by atoms with E-state index in [0.717, 1.165) is 22.9 Å². The molecule has 1 atom stereocenters. The SMILES string of the molecule is COc1ccc(Cn2nnnc2S[C@@H](C)CCC#N)cc1. The largest absolute Gasteiger partial charge is 0.497 e. The minimum absolute atomic E-state index is 0.310. The summed E-state index contributed by atoms with van der Waals surface area (Å²) in [5.41, 5.74) is 1.11. The van der Waals surface area contributed by atoms with Crippen molar-refractivity contribution in [2.24, 2.45) is 0 Å². The summed E-state index contributed by atoms with van der Waals surface area (Å²) in [6.07, 6.45) is 1.38. The molecule has 2 rings (SSSR count). The average molecular weight is 303 g/mol. The number of rotatable bonds is 7. The summed E-state index contributed by atoms with van der Waals surface area (Å²) in [6.45, 7) is 2.69. The molecule has 0 aliphatic rings. The minimum Gasteiger partial charge on any atom is -0.497 e. The molecule has 0 aliphatic heterocycles. The molecule has 110 valence electrons. The van der Waals surface area contributed by atoms with Crippen molar-refractivity contribution < 1.29 is 4.74 Å². The smallest absolute Gasteiger partial charge is 0.209 e. The Morgan fingerprint density at radius 1 is 1.38 bits per heavy atom. The number of hydrogen-bond donors (Lipinski definition) is 0. The molecule has 0 saturated carbocycles. The summed E-state index contributed by atoms with van der Waals surface area (Å²) in [7, 11) is 1.65. The predicted octanol–water partition coefficient (Wildman–Crippen LogP) is 2.51. The normalized spacial score (nSPS) is 11.9. The Bertz CT molecular complexity index is 605. The Morgan fingerprint density at radius 2 is 2.14 bits per heavy atom. The highest BCUT2D eigenvalue weighted by Crippen LogP contribution is 2.24. The molecule has 7 heteroatoms. The van der Waals surface area contributed by atoms with Crippen LogP contribution in [-0.4, -0.2) is 32.6 Å². The van der Waals surface area contributed by atoms with E-state index < -0.39 is 0 Å². The molecule has 21 heavy (non-hydrogen) atoms. The molecular formula is C14H17N5OS. The first-order valence-corrected chi connectivity index (χ1v) is 7.53. The van der Waals surface area contributed by atoms with Gasteiger partial charge in [-0.05, 0) is 34.5 Å². The summed E-state index contributed by atoms with van der Waals surface area (Å²) in [6, 6.07) is 9.99. The standard InChI is InChI=1S/C14H17N5OS/c1-11(4-3-9-15)21-14-16-17-18-19(14)10-12-5-7-13(20-2)8-6-12/h5-8,11H,3-4,10H2,1-2H3/t11-/m0/s1. The summed E-state index contributed by atoms with van der Waals surface area (Å²) < 4.78 is 6.91. The van der Waals surface area contributed by atoms with Crippen molar-refractivity contribution in [3.8, 4) is 11.8 Å². The summed E-state index contributed by atoms with van der Waals surface area (Å²) in [5.74, 6) is 0.829. The van der Waals surface area contributed by atoms with Gasteiger partial charge in [0.15, 0.2) is 0 Å². The van der Waals surface area contributed by atoms with Crippen molar-refractivity contribution >= 4 is 11.8 Å². The van der Waals surface area contributed by atoms with Crippen molar-refractivity contribution in [1.82, 2.24) is 20.2 Å². The van der Waals surface area contributed by atoms with Crippen LogP contribution >= 0.6 is 11.8 Å². The van der Waals surface area contributed by atoms with Crippen LogP contribution in [0.2, 0.25) is 0 Å². The van der Waals surface area contributed by atoms with Gasteiger partial charge in [0.25, 0.3) is 0 Å². The van der Waals surface area contributed by atoms with Gasteiger partial charge in [0, 0.05) is 11.7 Å². The quantitative estimate of drug-likeness (QED) is 0.731. The van der Waals surface area contributed by atoms with Gasteiger partial charge in [0.2, 0.25) is 5.16 Å². The van der Waals surface area contributed by atoms with Crippen LogP contribution in [0.1, 0.15) is 25.3 Å². The zero-order chi connectivity index (χ0) is 15.1. The number of methoxy groups -OCH3 is 1. The van der Waals surface area contributed by atoms with E-state index in [1.54, 1.807) is 23.6 Å². The first-order valence-electron chi connectivity index (χ1n) is 6.65.